The number of ether oxygens (including phenoxy) is 1. The van der Waals surface area contributed by atoms with Crippen LogP contribution >= 0.6 is 24.0 Å². The van der Waals surface area contributed by atoms with Crippen molar-refractivity contribution in [3.05, 3.63) is 40.9 Å². The van der Waals surface area contributed by atoms with E-state index >= 15 is 0 Å². The summed E-state index contributed by atoms with van der Waals surface area (Å²) in [7, 11) is 0. The molecule has 114 valence electrons. The smallest absolute Gasteiger partial charge is 0.339 e. The fourth-order valence-electron chi connectivity index (χ4n) is 2.01. The van der Waals surface area contributed by atoms with Crippen molar-refractivity contribution in [2.75, 3.05) is 6.54 Å². The summed E-state index contributed by atoms with van der Waals surface area (Å²) in [5.41, 5.74) is 5.70. The molecular weight excluding hydrogens is 313 g/mol. The second kappa shape index (κ2) is 7.50. The Morgan fingerprint density at radius 1 is 1.43 bits per heavy atom. The van der Waals surface area contributed by atoms with Gasteiger partial charge in [-0.25, -0.2) is 4.79 Å². The molecule has 0 amide bonds. The minimum Gasteiger partial charge on any atom is -0.488 e. The number of aromatic carboxylic acids is 1. The lowest BCUT2D eigenvalue weighted by molar-refractivity contribution is 0.0689. The third kappa shape index (κ3) is 3.79. The lowest BCUT2D eigenvalue weighted by atomic mass is 10.1. The molecule has 0 aliphatic heterocycles. The standard InChI is InChI=1S/C15H16ClNO3.ClH/c1-2-10(8-17)20-14-6-9-4-3-5-13(16)11(9)7-12(14)15(18)19;/h3-7,10H,2,8,17H2,1H3,(H,18,19);1H. The lowest BCUT2D eigenvalue weighted by Gasteiger charge is -2.18. The zero-order valence-corrected chi connectivity index (χ0v) is 13.1. The molecule has 6 heteroatoms. The van der Waals surface area contributed by atoms with Gasteiger partial charge in [0.15, 0.2) is 0 Å². The van der Waals surface area contributed by atoms with E-state index in [2.05, 4.69) is 0 Å². The van der Waals surface area contributed by atoms with E-state index in [1.165, 1.54) is 0 Å². The highest BCUT2D eigenvalue weighted by molar-refractivity contribution is 6.35. The van der Waals surface area contributed by atoms with Crippen LogP contribution < -0.4 is 10.5 Å². The van der Waals surface area contributed by atoms with Gasteiger partial charge in [0, 0.05) is 17.0 Å². The maximum absolute atomic E-state index is 11.4. The van der Waals surface area contributed by atoms with E-state index in [-0.39, 0.29) is 24.1 Å². The van der Waals surface area contributed by atoms with Crippen LogP contribution in [0.1, 0.15) is 23.7 Å². The molecule has 2 rings (SSSR count). The fraction of sp³-hybridized carbons (Fsp3) is 0.267. The lowest BCUT2D eigenvalue weighted by Crippen LogP contribution is -2.26. The van der Waals surface area contributed by atoms with E-state index in [0.29, 0.717) is 29.1 Å². The van der Waals surface area contributed by atoms with Crippen molar-refractivity contribution in [3.63, 3.8) is 0 Å². The van der Waals surface area contributed by atoms with E-state index in [9.17, 15) is 9.90 Å². The van der Waals surface area contributed by atoms with Crippen LogP contribution in [0, 0.1) is 0 Å². The van der Waals surface area contributed by atoms with Crippen molar-refractivity contribution in [1.82, 2.24) is 0 Å². The van der Waals surface area contributed by atoms with Crippen LogP contribution in [0.5, 0.6) is 5.75 Å². The molecule has 1 atom stereocenters. The van der Waals surface area contributed by atoms with Gasteiger partial charge in [-0.2, -0.15) is 0 Å². The van der Waals surface area contributed by atoms with Crippen molar-refractivity contribution in [1.29, 1.82) is 0 Å². The monoisotopic (exact) mass is 329 g/mol. The van der Waals surface area contributed by atoms with Crippen LogP contribution in [0.3, 0.4) is 0 Å². The van der Waals surface area contributed by atoms with Gasteiger partial charge >= 0.3 is 5.97 Å². The normalized spacial score (nSPS) is 11.8. The van der Waals surface area contributed by atoms with Crippen molar-refractivity contribution in [2.45, 2.75) is 19.4 Å². The molecule has 0 saturated carbocycles. The second-order valence-corrected chi connectivity index (χ2v) is 4.91. The highest BCUT2D eigenvalue weighted by atomic mass is 35.5. The highest BCUT2D eigenvalue weighted by Gasteiger charge is 2.16. The summed E-state index contributed by atoms with van der Waals surface area (Å²) in [6.07, 6.45) is 0.508. The number of fused-ring (bicyclic) bond motifs is 1. The highest BCUT2D eigenvalue weighted by Crippen LogP contribution is 2.31. The van der Waals surface area contributed by atoms with Crippen LogP contribution in [0.25, 0.3) is 10.8 Å². The molecule has 2 aromatic carbocycles. The maximum Gasteiger partial charge on any atom is 0.339 e. The summed E-state index contributed by atoms with van der Waals surface area (Å²) >= 11 is 6.09. The van der Waals surface area contributed by atoms with Crippen molar-refractivity contribution in [2.24, 2.45) is 5.73 Å². The topological polar surface area (TPSA) is 72.5 Å². The average molecular weight is 330 g/mol. The predicted octanol–water partition coefficient (Wildman–Crippen LogP) is 3.73. The third-order valence-electron chi connectivity index (χ3n) is 3.17. The predicted molar refractivity (Wildman–Crippen MR) is 86.9 cm³/mol. The Balaban J connectivity index is 0.00000220. The van der Waals surface area contributed by atoms with E-state index in [1.54, 1.807) is 18.2 Å². The number of benzene rings is 2. The Hall–Kier alpha value is -1.49. The summed E-state index contributed by atoms with van der Waals surface area (Å²) in [6.45, 7) is 2.28. The molecule has 2 aromatic rings. The minimum atomic E-state index is -1.05. The zero-order valence-electron chi connectivity index (χ0n) is 11.5. The molecule has 0 saturated heterocycles. The van der Waals surface area contributed by atoms with Crippen LogP contribution in [0.15, 0.2) is 30.3 Å². The van der Waals surface area contributed by atoms with Crippen molar-refractivity contribution >= 4 is 40.7 Å². The van der Waals surface area contributed by atoms with E-state index in [4.69, 9.17) is 22.1 Å². The Morgan fingerprint density at radius 3 is 2.71 bits per heavy atom. The molecule has 0 aliphatic rings. The molecule has 0 aliphatic carbocycles. The molecule has 3 N–H and O–H groups in total. The van der Waals surface area contributed by atoms with E-state index in [0.717, 1.165) is 5.39 Å². The first kappa shape index (κ1) is 17.6. The number of hydrogen-bond donors (Lipinski definition) is 2. The number of nitrogens with two attached hydrogens (primary N) is 1. The molecule has 0 spiro atoms. The molecular formula is C15H17Cl2NO3. The van der Waals surface area contributed by atoms with Gasteiger partial charge in [0.25, 0.3) is 0 Å². The van der Waals surface area contributed by atoms with Gasteiger partial charge < -0.3 is 15.6 Å². The summed E-state index contributed by atoms with van der Waals surface area (Å²) in [5.74, 6) is -0.724. The molecule has 4 nitrogen and oxygen atoms in total. The number of rotatable bonds is 5. The van der Waals surface area contributed by atoms with Gasteiger partial charge in [-0.3, -0.25) is 0 Å². The summed E-state index contributed by atoms with van der Waals surface area (Å²) in [5, 5.41) is 11.4. The van der Waals surface area contributed by atoms with Crippen LogP contribution in [0.4, 0.5) is 0 Å². The van der Waals surface area contributed by atoms with E-state index in [1.807, 2.05) is 19.1 Å². The number of carboxylic acids is 1. The number of hydrogen-bond acceptors (Lipinski definition) is 3. The van der Waals surface area contributed by atoms with Gasteiger partial charge in [0.2, 0.25) is 0 Å². The minimum absolute atomic E-state index is 0. The van der Waals surface area contributed by atoms with Crippen molar-refractivity contribution < 1.29 is 14.6 Å². The van der Waals surface area contributed by atoms with Crippen molar-refractivity contribution in [3.8, 4) is 5.75 Å². The van der Waals surface area contributed by atoms with Gasteiger partial charge in [0.05, 0.1) is 0 Å². The Kier molecular flexibility index (Phi) is 6.27. The molecule has 21 heavy (non-hydrogen) atoms. The summed E-state index contributed by atoms with van der Waals surface area (Å²) in [4.78, 5) is 11.4. The molecule has 0 heterocycles. The first-order chi connectivity index (χ1) is 9.56. The summed E-state index contributed by atoms with van der Waals surface area (Å²) < 4.78 is 5.70. The Bertz CT molecular complexity index is 642. The van der Waals surface area contributed by atoms with Gasteiger partial charge in [-0.05, 0) is 30.0 Å². The molecule has 0 bridgehead atoms. The Labute approximate surface area is 134 Å². The number of halogens is 2. The summed E-state index contributed by atoms with van der Waals surface area (Å²) in [6, 6.07) is 8.64. The van der Waals surface area contributed by atoms with Crippen LogP contribution in [-0.2, 0) is 0 Å². The van der Waals surface area contributed by atoms with Crippen LogP contribution in [-0.4, -0.2) is 23.7 Å². The second-order valence-electron chi connectivity index (χ2n) is 4.50. The SMILES string of the molecule is CCC(CN)Oc1cc2cccc(Cl)c2cc1C(=O)O.Cl. The quantitative estimate of drug-likeness (QED) is 0.876. The maximum atomic E-state index is 11.4. The van der Waals surface area contributed by atoms with Gasteiger partial charge in [0.1, 0.15) is 17.4 Å². The van der Waals surface area contributed by atoms with Crippen LogP contribution in [0.2, 0.25) is 5.02 Å². The fourth-order valence-corrected chi connectivity index (χ4v) is 2.25. The first-order valence-electron chi connectivity index (χ1n) is 6.39. The van der Waals surface area contributed by atoms with Gasteiger partial charge in [-0.15, -0.1) is 12.4 Å². The first-order valence-corrected chi connectivity index (χ1v) is 6.77. The van der Waals surface area contributed by atoms with E-state index < -0.39 is 5.97 Å². The number of carbonyl (C=O) groups is 1. The largest absolute Gasteiger partial charge is 0.488 e. The molecule has 1 unspecified atom stereocenters. The average Bonchev–Trinajstić information content (AvgIpc) is 2.44. The third-order valence-corrected chi connectivity index (χ3v) is 3.50. The number of carboxylic acid groups (broad SMARTS) is 1. The van der Waals surface area contributed by atoms with Gasteiger partial charge in [-0.1, -0.05) is 30.7 Å². The molecule has 0 aromatic heterocycles. The Morgan fingerprint density at radius 2 is 2.14 bits per heavy atom. The molecule has 0 fully saturated rings. The zero-order chi connectivity index (χ0) is 14.7. The molecule has 0 radical (unpaired) electrons.